The summed E-state index contributed by atoms with van der Waals surface area (Å²) in [6, 6.07) is 0.605. The van der Waals surface area contributed by atoms with Crippen LogP contribution in [-0.4, -0.2) is 63.4 Å². The van der Waals surface area contributed by atoms with Crippen LogP contribution >= 0.6 is 11.6 Å². The number of aryl methyl sites for hydroxylation is 1. The fraction of sp³-hybridized carbons (Fsp3) is 0.722. The van der Waals surface area contributed by atoms with E-state index in [9.17, 15) is 14.5 Å². The molecule has 3 rings (SSSR count). The third-order valence-corrected chi connectivity index (χ3v) is 5.87. The SMILES string of the molecule is O=NC(=O)Cn1c(Cl)cnc1CCC(=O)N1CCC(N2CCCCC2)CC1. The fourth-order valence-corrected chi connectivity index (χ4v) is 4.27. The number of hydrogen-bond donors (Lipinski definition) is 0. The Kier molecular flexibility index (Phi) is 6.95. The summed E-state index contributed by atoms with van der Waals surface area (Å²) in [5.74, 6) is -0.201. The van der Waals surface area contributed by atoms with Crippen LogP contribution in [0.1, 0.15) is 44.3 Å². The number of hydrogen-bond acceptors (Lipinski definition) is 5. The Bertz CT molecular complexity index is 679. The summed E-state index contributed by atoms with van der Waals surface area (Å²) in [7, 11) is 0. The van der Waals surface area contributed by atoms with Crippen molar-refractivity contribution in [3.63, 3.8) is 0 Å². The molecular formula is C18H26ClN5O3. The summed E-state index contributed by atoms with van der Waals surface area (Å²) in [5, 5.41) is 2.65. The van der Waals surface area contributed by atoms with Crippen molar-refractivity contribution in [2.24, 2.45) is 5.18 Å². The zero-order chi connectivity index (χ0) is 19.2. The maximum Gasteiger partial charge on any atom is 0.305 e. The zero-order valence-electron chi connectivity index (χ0n) is 15.5. The van der Waals surface area contributed by atoms with E-state index in [0.29, 0.717) is 24.7 Å². The average Bonchev–Trinajstić information content (AvgIpc) is 3.06. The summed E-state index contributed by atoms with van der Waals surface area (Å²) < 4.78 is 1.43. The third kappa shape index (κ3) is 5.13. The van der Waals surface area contributed by atoms with Crippen molar-refractivity contribution in [1.29, 1.82) is 0 Å². The van der Waals surface area contributed by atoms with Crippen LogP contribution in [0.3, 0.4) is 0 Å². The maximum absolute atomic E-state index is 12.6. The van der Waals surface area contributed by atoms with Crippen LogP contribution in [-0.2, 0) is 22.6 Å². The molecule has 2 fully saturated rings. The van der Waals surface area contributed by atoms with E-state index in [1.807, 2.05) is 4.90 Å². The number of carbonyl (C=O) groups is 2. The molecule has 1 aromatic heterocycles. The smallest absolute Gasteiger partial charge is 0.305 e. The normalized spacial score (nSPS) is 19.2. The average molecular weight is 396 g/mol. The van der Waals surface area contributed by atoms with Crippen molar-refractivity contribution in [1.82, 2.24) is 19.4 Å². The number of piperidine rings is 2. The molecule has 148 valence electrons. The molecule has 0 aromatic carbocycles. The Morgan fingerprint density at radius 1 is 1.15 bits per heavy atom. The van der Waals surface area contributed by atoms with E-state index < -0.39 is 5.91 Å². The van der Waals surface area contributed by atoms with Gasteiger partial charge in [0.05, 0.1) is 6.20 Å². The first-order valence-corrected chi connectivity index (χ1v) is 10.0. The van der Waals surface area contributed by atoms with Crippen molar-refractivity contribution >= 4 is 23.4 Å². The molecule has 1 aromatic rings. The van der Waals surface area contributed by atoms with Gasteiger partial charge in [-0.2, -0.15) is 0 Å². The lowest BCUT2D eigenvalue weighted by molar-refractivity contribution is -0.132. The van der Waals surface area contributed by atoms with Gasteiger partial charge >= 0.3 is 5.91 Å². The zero-order valence-corrected chi connectivity index (χ0v) is 16.2. The summed E-state index contributed by atoms with van der Waals surface area (Å²) in [6.07, 6.45) is 8.09. The Balaban J connectivity index is 1.48. The van der Waals surface area contributed by atoms with Gasteiger partial charge in [0.2, 0.25) is 5.91 Å². The molecule has 0 radical (unpaired) electrons. The van der Waals surface area contributed by atoms with Gasteiger partial charge in [0, 0.05) is 37.1 Å². The van der Waals surface area contributed by atoms with Gasteiger partial charge in [0.1, 0.15) is 17.5 Å². The molecule has 8 nitrogen and oxygen atoms in total. The molecule has 0 unspecified atom stereocenters. The highest BCUT2D eigenvalue weighted by Crippen LogP contribution is 2.21. The van der Waals surface area contributed by atoms with Crippen LogP contribution in [0.4, 0.5) is 0 Å². The molecule has 3 heterocycles. The van der Waals surface area contributed by atoms with Crippen LogP contribution in [0.5, 0.6) is 0 Å². The van der Waals surface area contributed by atoms with E-state index in [-0.39, 0.29) is 17.6 Å². The van der Waals surface area contributed by atoms with Crippen molar-refractivity contribution in [3.05, 3.63) is 22.1 Å². The van der Waals surface area contributed by atoms with Gasteiger partial charge in [-0.05, 0) is 38.8 Å². The highest BCUT2D eigenvalue weighted by Gasteiger charge is 2.27. The first-order chi connectivity index (χ1) is 13.1. The minimum atomic E-state index is -0.817. The number of likely N-dealkylation sites (tertiary alicyclic amines) is 2. The van der Waals surface area contributed by atoms with Crippen molar-refractivity contribution in [2.45, 2.75) is 57.5 Å². The molecule has 0 aliphatic carbocycles. The quantitative estimate of drug-likeness (QED) is 0.689. The van der Waals surface area contributed by atoms with Crippen LogP contribution < -0.4 is 0 Å². The molecule has 0 saturated carbocycles. The number of aromatic nitrogens is 2. The second-order valence-corrected chi connectivity index (χ2v) is 7.66. The highest BCUT2D eigenvalue weighted by molar-refractivity contribution is 6.29. The lowest BCUT2D eigenvalue weighted by Crippen LogP contribution is -2.48. The second-order valence-electron chi connectivity index (χ2n) is 7.28. The van der Waals surface area contributed by atoms with Crippen molar-refractivity contribution in [3.8, 4) is 0 Å². The molecule has 2 amide bonds. The summed E-state index contributed by atoms with van der Waals surface area (Å²) >= 11 is 6.00. The maximum atomic E-state index is 12.6. The molecule has 27 heavy (non-hydrogen) atoms. The van der Waals surface area contributed by atoms with Gasteiger partial charge in [-0.3, -0.25) is 9.59 Å². The monoisotopic (exact) mass is 395 g/mol. The predicted octanol–water partition coefficient (Wildman–Crippen LogP) is 2.24. The number of nitrogens with zero attached hydrogens (tertiary/aromatic N) is 5. The number of imidazole rings is 1. The Hall–Kier alpha value is -1.80. The van der Waals surface area contributed by atoms with E-state index in [1.165, 1.54) is 43.1 Å². The van der Waals surface area contributed by atoms with E-state index in [2.05, 4.69) is 15.1 Å². The molecule has 9 heteroatoms. The first-order valence-electron chi connectivity index (χ1n) is 9.66. The Morgan fingerprint density at radius 2 is 1.85 bits per heavy atom. The summed E-state index contributed by atoms with van der Waals surface area (Å²) in [4.78, 5) is 42.8. The lowest BCUT2D eigenvalue weighted by atomic mass is 9.99. The van der Waals surface area contributed by atoms with Gasteiger partial charge in [0.25, 0.3) is 0 Å². The van der Waals surface area contributed by atoms with Crippen LogP contribution in [0.15, 0.2) is 11.4 Å². The molecule has 0 spiro atoms. The van der Waals surface area contributed by atoms with E-state index in [0.717, 1.165) is 25.9 Å². The molecule has 2 aliphatic heterocycles. The number of amides is 2. The summed E-state index contributed by atoms with van der Waals surface area (Å²) in [6.45, 7) is 3.73. The van der Waals surface area contributed by atoms with Gasteiger partial charge in [0.15, 0.2) is 0 Å². The van der Waals surface area contributed by atoms with Crippen molar-refractivity contribution < 1.29 is 9.59 Å². The summed E-state index contributed by atoms with van der Waals surface area (Å²) in [5.41, 5.74) is 0. The van der Waals surface area contributed by atoms with E-state index in [1.54, 1.807) is 0 Å². The standard InChI is InChI=1S/C18H26ClN5O3/c19-15-12-20-16(24(15)13-17(25)21-27)4-5-18(26)23-10-6-14(7-11-23)22-8-2-1-3-9-22/h12,14H,1-11,13H2. The van der Waals surface area contributed by atoms with Crippen molar-refractivity contribution in [2.75, 3.05) is 26.2 Å². The molecule has 0 N–H and O–H groups in total. The molecule has 2 aliphatic rings. The van der Waals surface area contributed by atoms with E-state index >= 15 is 0 Å². The van der Waals surface area contributed by atoms with Crippen LogP contribution in [0.25, 0.3) is 0 Å². The number of nitroso groups, excluding NO2 is 1. The lowest BCUT2D eigenvalue weighted by Gasteiger charge is -2.40. The Morgan fingerprint density at radius 3 is 2.52 bits per heavy atom. The number of carbonyl (C=O) groups excluding carboxylic acids is 2. The predicted molar refractivity (Wildman–Crippen MR) is 101 cm³/mol. The van der Waals surface area contributed by atoms with Gasteiger partial charge < -0.3 is 14.4 Å². The second kappa shape index (κ2) is 9.41. The Labute approximate surface area is 163 Å². The number of halogens is 1. The molecular weight excluding hydrogens is 370 g/mol. The first kappa shape index (κ1) is 19.9. The topological polar surface area (TPSA) is 87.9 Å². The van der Waals surface area contributed by atoms with Gasteiger partial charge in [-0.15, -0.1) is 4.91 Å². The van der Waals surface area contributed by atoms with Gasteiger partial charge in [-0.25, -0.2) is 4.98 Å². The molecule has 2 saturated heterocycles. The third-order valence-electron chi connectivity index (χ3n) is 5.57. The molecule has 0 atom stereocenters. The minimum absolute atomic E-state index is 0.0950. The highest BCUT2D eigenvalue weighted by atomic mass is 35.5. The fourth-order valence-electron chi connectivity index (χ4n) is 4.06. The largest absolute Gasteiger partial charge is 0.343 e. The number of rotatable bonds is 6. The minimum Gasteiger partial charge on any atom is -0.343 e. The van der Waals surface area contributed by atoms with Crippen LogP contribution in [0.2, 0.25) is 5.15 Å². The van der Waals surface area contributed by atoms with Crippen LogP contribution in [0, 0.1) is 4.91 Å². The van der Waals surface area contributed by atoms with E-state index in [4.69, 9.17) is 11.6 Å². The molecule has 0 bridgehead atoms. The van der Waals surface area contributed by atoms with Gasteiger partial charge in [-0.1, -0.05) is 18.0 Å².